The molecule has 2 rings (SSSR count). The molecule has 0 aliphatic heterocycles. The van der Waals surface area contributed by atoms with Crippen LogP contribution in [0.5, 0.6) is 5.75 Å². The maximum absolute atomic E-state index is 12.0. The van der Waals surface area contributed by atoms with Crippen LogP contribution >= 0.6 is 12.2 Å². The molecule has 0 saturated heterocycles. The van der Waals surface area contributed by atoms with Gasteiger partial charge in [0.2, 0.25) is 5.91 Å². The van der Waals surface area contributed by atoms with Crippen molar-refractivity contribution >= 4 is 28.9 Å². The minimum atomic E-state index is -0.198. The molecule has 2 aromatic rings. The monoisotopic (exact) mass is 342 g/mol. The van der Waals surface area contributed by atoms with Crippen molar-refractivity contribution in [1.29, 1.82) is 0 Å². The number of phenolic OH excluding ortho intramolecular Hbond substituents is 1. The van der Waals surface area contributed by atoms with Crippen LogP contribution < -0.4 is 10.6 Å². The average molecular weight is 342 g/mol. The number of benzene rings is 2. The third kappa shape index (κ3) is 5.06. The highest BCUT2D eigenvalue weighted by Crippen LogP contribution is 2.28. The highest BCUT2D eigenvalue weighted by molar-refractivity contribution is 7.80. The first-order chi connectivity index (χ1) is 11.5. The first kappa shape index (κ1) is 17.9. The second-order valence-electron chi connectivity index (χ2n) is 5.75. The van der Waals surface area contributed by atoms with Gasteiger partial charge in [0.05, 0.1) is 12.1 Å². The summed E-state index contributed by atoms with van der Waals surface area (Å²) in [5.74, 6) is 0.283. The van der Waals surface area contributed by atoms with Crippen LogP contribution in [0.1, 0.15) is 37.3 Å². The van der Waals surface area contributed by atoms with Crippen molar-refractivity contribution in [3.63, 3.8) is 0 Å². The predicted molar refractivity (Wildman–Crippen MR) is 101 cm³/mol. The van der Waals surface area contributed by atoms with Gasteiger partial charge >= 0.3 is 0 Å². The quantitative estimate of drug-likeness (QED) is 0.568. The summed E-state index contributed by atoms with van der Waals surface area (Å²) >= 11 is 5.17. The van der Waals surface area contributed by atoms with E-state index < -0.39 is 0 Å². The van der Waals surface area contributed by atoms with E-state index in [1.54, 1.807) is 6.07 Å². The van der Waals surface area contributed by atoms with Crippen molar-refractivity contribution < 1.29 is 9.90 Å². The van der Waals surface area contributed by atoms with Crippen molar-refractivity contribution in [2.45, 2.75) is 32.6 Å². The standard InChI is InChI=1S/C19H22N2O2S/c1-3-13(2)15-9-10-17(22)16(12-15)20-19(24)21-18(23)11-14-7-5-4-6-8-14/h4-10,12-13,22H,3,11H2,1-2H3,(H2,20,21,23,24). The van der Waals surface area contributed by atoms with Gasteiger partial charge in [0.15, 0.2) is 5.11 Å². The molecule has 1 atom stereocenters. The second-order valence-corrected chi connectivity index (χ2v) is 6.16. The van der Waals surface area contributed by atoms with E-state index in [4.69, 9.17) is 12.2 Å². The zero-order chi connectivity index (χ0) is 17.5. The van der Waals surface area contributed by atoms with E-state index in [-0.39, 0.29) is 23.2 Å². The maximum Gasteiger partial charge on any atom is 0.230 e. The molecule has 0 aliphatic rings. The summed E-state index contributed by atoms with van der Waals surface area (Å²) in [5.41, 5.74) is 2.52. The van der Waals surface area contributed by atoms with Crippen LogP contribution in [0.4, 0.5) is 5.69 Å². The van der Waals surface area contributed by atoms with Crippen molar-refractivity contribution in [1.82, 2.24) is 5.32 Å². The smallest absolute Gasteiger partial charge is 0.230 e. The predicted octanol–water partition coefficient (Wildman–Crippen LogP) is 3.96. The van der Waals surface area contributed by atoms with E-state index in [0.717, 1.165) is 17.5 Å². The van der Waals surface area contributed by atoms with Gasteiger partial charge in [-0.2, -0.15) is 0 Å². The molecule has 2 aromatic carbocycles. The Morgan fingerprint density at radius 1 is 1.21 bits per heavy atom. The number of hydrogen-bond donors (Lipinski definition) is 3. The number of carbonyl (C=O) groups excluding carboxylic acids is 1. The summed E-state index contributed by atoms with van der Waals surface area (Å²) in [6.45, 7) is 4.23. The van der Waals surface area contributed by atoms with Crippen LogP contribution in [0.15, 0.2) is 48.5 Å². The van der Waals surface area contributed by atoms with Gasteiger partial charge in [-0.05, 0) is 47.8 Å². The van der Waals surface area contributed by atoms with Gasteiger partial charge in [0.25, 0.3) is 0 Å². The number of thiocarbonyl (C=S) groups is 1. The van der Waals surface area contributed by atoms with Gasteiger partial charge in [0.1, 0.15) is 5.75 Å². The van der Waals surface area contributed by atoms with Crippen LogP contribution in [0.3, 0.4) is 0 Å². The van der Waals surface area contributed by atoms with Gasteiger partial charge in [-0.1, -0.05) is 50.2 Å². The van der Waals surface area contributed by atoms with Gasteiger partial charge in [-0.15, -0.1) is 0 Å². The SMILES string of the molecule is CCC(C)c1ccc(O)c(NC(=S)NC(=O)Cc2ccccc2)c1. The third-order valence-corrected chi connectivity index (χ3v) is 4.11. The molecule has 3 N–H and O–H groups in total. The van der Waals surface area contributed by atoms with Crippen LogP contribution in [0.25, 0.3) is 0 Å². The molecule has 126 valence electrons. The fraction of sp³-hybridized carbons (Fsp3) is 0.263. The highest BCUT2D eigenvalue weighted by Gasteiger charge is 2.10. The zero-order valence-corrected chi connectivity index (χ0v) is 14.7. The summed E-state index contributed by atoms with van der Waals surface area (Å²) in [6.07, 6.45) is 1.25. The molecule has 0 bridgehead atoms. The third-order valence-electron chi connectivity index (χ3n) is 3.91. The molecule has 0 heterocycles. The summed E-state index contributed by atoms with van der Waals surface area (Å²) in [6, 6.07) is 14.8. The number of aromatic hydroxyl groups is 1. The number of amides is 1. The number of nitrogens with one attached hydrogen (secondary N) is 2. The Hall–Kier alpha value is -2.40. The molecule has 0 aliphatic carbocycles. The van der Waals surface area contributed by atoms with E-state index in [2.05, 4.69) is 24.5 Å². The largest absolute Gasteiger partial charge is 0.506 e. The number of rotatable bonds is 5. The van der Waals surface area contributed by atoms with E-state index in [0.29, 0.717) is 11.6 Å². The maximum atomic E-state index is 12.0. The molecule has 5 heteroatoms. The number of carbonyl (C=O) groups is 1. The Labute approximate surface area is 147 Å². The number of anilines is 1. The molecular weight excluding hydrogens is 320 g/mol. The number of phenols is 1. The molecule has 4 nitrogen and oxygen atoms in total. The van der Waals surface area contributed by atoms with E-state index >= 15 is 0 Å². The Morgan fingerprint density at radius 3 is 2.58 bits per heavy atom. The summed E-state index contributed by atoms with van der Waals surface area (Å²) in [4.78, 5) is 12.0. The Balaban J connectivity index is 1.98. The fourth-order valence-corrected chi connectivity index (χ4v) is 2.53. The minimum absolute atomic E-state index is 0.0988. The molecule has 0 saturated carbocycles. The second kappa shape index (κ2) is 8.45. The minimum Gasteiger partial charge on any atom is -0.506 e. The van der Waals surface area contributed by atoms with E-state index in [1.807, 2.05) is 42.5 Å². The van der Waals surface area contributed by atoms with Crippen LogP contribution in [-0.4, -0.2) is 16.1 Å². The Kier molecular flexibility index (Phi) is 6.32. The lowest BCUT2D eigenvalue weighted by atomic mass is 9.98. The van der Waals surface area contributed by atoms with Crippen molar-refractivity contribution in [2.24, 2.45) is 0 Å². The molecule has 1 amide bonds. The van der Waals surface area contributed by atoms with Gasteiger partial charge in [-0.25, -0.2) is 0 Å². The Morgan fingerprint density at radius 2 is 1.92 bits per heavy atom. The summed E-state index contributed by atoms with van der Waals surface area (Å²) in [5, 5.41) is 15.7. The lowest BCUT2D eigenvalue weighted by molar-refractivity contribution is -0.119. The molecule has 0 fully saturated rings. The van der Waals surface area contributed by atoms with Crippen LogP contribution in [0.2, 0.25) is 0 Å². The molecular formula is C19H22N2O2S. The van der Waals surface area contributed by atoms with Gasteiger partial charge in [0, 0.05) is 0 Å². The average Bonchev–Trinajstić information content (AvgIpc) is 2.56. The summed E-state index contributed by atoms with van der Waals surface area (Å²) < 4.78 is 0. The zero-order valence-electron chi connectivity index (χ0n) is 13.9. The molecule has 0 spiro atoms. The molecule has 0 radical (unpaired) electrons. The van der Waals surface area contributed by atoms with Gasteiger partial charge < -0.3 is 15.7 Å². The first-order valence-corrected chi connectivity index (χ1v) is 8.38. The van der Waals surface area contributed by atoms with E-state index in [9.17, 15) is 9.90 Å². The highest BCUT2D eigenvalue weighted by atomic mass is 32.1. The molecule has 24 heavy (non-hydrogen) atoms. The number of hydrogen-bond acceptors (Lipinski definition) is 3. The van der Waals surface area contributed by atoms with E-state index in [1.165, 1.54) is 0 Å². The lowest BCUT2D eigenvalue weighted by Gasteiger charge is -2.14. The Bertz CT molecular complexity index is 717. The van der Waals surface area contributed by atoms with Gasteiger partial charge in [-0.3, -0.25) is 4.79 Å². The fourth-order valence-electron chi connectivity index (χ4n) is 2.30. The molecule has 1 unspecified atom stereocenters. The lowest BCUT2D eigenvalue weighted by Crippen LogP contribution is -2.35. The topological polar surface area (TPSA) is 61.4 Å². The first-order valence-electron chi connectivity index (χ1n) is 7.97. The summed E-state index contributed by atoms with van der Waals surface area (Å²) in [7, 11) is 0. The normalized spacial score (nSPS) is 11.6. The molecule has 0 aromatic heterocycles. The van der Waals surface area contributed by atoms with Crippen molar-refractivity contribution in [3.8, 4) is 5.75 Å². The van der Waals surface area contributed by atoms with Crippen molar-refractivity contribution in [3.05, 3.63) is 59.7 Å². The van der Waals surface area contributed by atoms with Crippen molar-refractivity contribution in [2.75, 3.05) is 5.32 Å². The van der Waals surface area contributed by atoms with Crippen LogP contribution in [0, 0.1) is 0 Å². The van der Waals surface area contributed by atoms with Crippen LogP contribution in [-0.2, 0) is 11.2 Å².